The molecule has 3 aromatic carbocycles. The zero-order chi connectivity index (χ0) is 32.0. The van der Waals surface area contributed by atoms with E-state index in [-0.39, 0.29) is 5.91 Å². The van der Waals surface area contributed by atoms with Crippen LogP contribution in [0.25, 0.3) is 17.2 Å². The summed E-state index contributed by atoms with van der Waals surface area (Å²) in [7, 11) is 1.61. The van der Waals surface area contributed by atoms with Gasteiger partial charge >= 0.3 is 0 Å². The summed E-state index contributed by atoms with van der Waals surface area (Å²) in [6, 6.07) is 23.0. The van der Waals surface area contributed by atoms with Crippen LogP contribution in [0.15, 0.2) is 90.0 Å². The minimum absolute atomic E-state index is 0.274. The molecule has 8 heteroatoms. The Kier molecular flexibility index (Phi) is 13.2. The van der Waals surface area contributed by atoms with Gasteiger partial charge in [0.25, 0.3) is 0 Å². The van der Waals surface area contributed by atoms with Crippen LogP contribution in [-0.2, 0) is 33.0 Å². The molecule has 0 saturated carbocycles. The highest BCUT2D eigenvalue weighted by Crippen LogP contribution is 2.29. The molecule has 4 rings (SSSR count). The van der Waals surface area contributed by atoms with Gasteiger partial charge in [-0.3, -0.25) is 4.79 Å². The Balaban J connectivity index is 1.34. The maximum absolute atomic E-state index is 13.1. The molecule has 0 saturated heterocycles. The van der Waals surface area contributed by atoms with Gasteiger partial charge in [-0.2, -0.15) is 0 Å². The number of hydrogen-bond donors (Lipinski definition) is 1. The Hall–Kier alpha value is -3.98. The first-order valence-corrected chi connectivity index (χ1v) is 16.8. The average Bonchev–Trinajstić information content (AvgIpc) is 3.40. The van der Waals surface area contributed by atoms with E-state index < -0.39 is 11.2 Å². The predicted molar refractivity (Wildman–Crippen MR) is 183 cm³/mol. The Morgan fingerprint density at radius 1 is 0.933 bits per heavy atom. The zero-order valence-electron chi connectivity index (χ0n) is 26.7. The molecule has 0 aliphatic heterocycles. The molecule has 45 heavy (non-hydrogen) atoms. The lowest BCUT2D eigenvalue weighted by molar-refractivity contribution is -0.111. The van der Waals surface area contributed by atoms with Crippen molar-refractivity contribution < 1.29 is 23.6 Å². The van der Waals surface area contributed by atoms with Crippen LogP contribution in [0.5, 0.6) is 11.5 Å². The SMILES string of the molecule is CCCCOCCOc1ccc(-c2ccc(OC)c(/C=C/C(=O)Nc3ccc([S@@+]([O-])Cc4c(C)ccn4CCC)cc3)c2)cc1. The second-order valence-corrected chi connectivity index (χ2v) is 12.2. The summed E-state index contributed by atoms with van der Waals surface area (Å²) in [5, 5.41) is 2.89. The van der Waals surface area contributed by atoms with Crippen LogP contribution in [-0.4, -0.2) is 42.0 Å². The predicted octanol–water partition coefficient (Wildman–Crippen LogP) is 8.04. The minimum atomic E-state index is -1.19. The first-order chi connectivity index (χ1) is 21.9. The number of hydrogen-bond acceptors (Lipinski definition) is 5. The average molecular weight is 629 g/mol. The van der Waals surface area contributed by atoms with Gasteiger partial charge in [-0.05, 0) is 108 Å². The number of amides is 1. The topological polar surface area (TPSA) is 84.8 Å². The molecular weight excluding hydrogens is 584 g/mol. The summed E-state index contributed by atoms with van der Waals surface area (Å²) >= 11 is -1.19. The molecule has 1 N–H and O–H groups in total. The second-order valence-electron chi connectivity index (χ2n) is 10.8. The number of carbonyl (C=O) groups is 1. The van der Waals surface area contributed by atoms with Gasteiger partial charge in [0.2, 0.25) is 5.91 Å². The number of aromatic nitrogens is 1. The van der Waals surface area contributed by atoms with E-state index in [1.807, 2.05) is 54.6 Å². The van der Waals surface area contributed by atoms with Gasteiger partial charge < -0.3 is 28.6 Å². The van der Waals surface area contributed by atoms with Gasteiger partial charge in [0.15, 0.2) is 10.6 Å². The molecule has 0 aliphatic carbocycles. The number of benzene rings is 3. The molecule has 0 fully saturated rings. The third-order valence-electron chi connectivity index (χ3n) is 7.39. The van der Waals surface area contributed by atoms with E-state index in [0.717, 1.165) is 71.0 Å². The Morgan fingerprint density at radius 3 is 2.40 bits per heavy atom. The largest absolute Gasteiger partial charge is 0.611 e. The summed E-state index contributed by atoms with van der Waals surface area (Å²) in [4.78, 5) is 13.5. The fraction of sp³-hybridized carbons (Fsp3) is 0.324. The van der Waals surface area contributed by atoms with Crippen LogP contribution in [0.1, 0.15) is 49.9 Å². The lowest BCUT2D eigenvalue weighted by atomic mass is 10.0. The fourth-order valence-electron chi connectivity index (χ4n) is 4.86. The number of nitrogens with one attached hydrogen (secondary N) is 1. The third-order valence-corrected chi connectivity index (χ3v) is 8.73. The van der Waals surface area contributed by atoms with Gasteiger partial charge in [0.1, 0.15) is 18.1 Å². The van der Waals surface area contributed by atoms with Gasteiger partial charge in [-0.15, -0.1) is 0 Å². The zero-order valence-corrected chi connectivity index (χ0v) is 27.5. The van der Waals surface area contributed by atoms with Crippen LogP contribution in [0.4, 0.5) is 5.69 Å². The highest BCUT2D eigenvalue weighted by Gasteiger charge is 2.17. The van der Waals surface area contributed by atoms with E-state index in [0.29, 0.717) is 30.4 Å². The van der Waals surface area contributed by atoms with E-state index in [1.165, 1.54) is 6.08 Å². The number of methoxy groups -OCH3 is 1. The van der Waals surface area contributed by atoms with E-state index in [2.05, 4.69) is 42.9 Å². The molecule has 0 bridgehead atoms. The van der Waals surface area contributed by atoms with Crippen LogP contribution in [0, 0.1) is 6.92 Å². The van der Waals surface area contributed by atoms with Crippen LogP contribution < -0.4 is 14.8 Å². The summed E-state index contributed by atoms with van der Waals surface area (Å²) in [5.74, 6) is 1.64. The van der Waals surface area contributed by atoms with Crippen molar-refractivity contribution in [3.05, 3.63) is 102 Å². The summed E-state index contributed by atoms with van der Waals surface area (Å²) in [6.45, 7) is 9.09. The van der Waals surface area contributed by atoms with Crippen molar-refractivity contribution in [3.63, 3.8) is 0 Å². The van der Waals surface area contributed by atoms with Crippen LogP contribution in [0.2, 0.25) is 0 Å². The van der Waals surface area contributed by atoms with Crippen molar-refractivity contribution in [2.75, 3.05) is 32.2 Å². The van der Waals surface area contributed by atoms with Crippen molar-refractivity contribution in [3.8, 4) is 22.6 Å². The molecule has 7 nitrogen and oxygen atoms in total. The molecule has 1 heterocycles. The van der Waals surface area contributed by atoms with E-state index in [4.69, 9.17) is 14.2 Å². The van der Waals surface area contributed by atoms with Gasteiger partial charge in [-0.1, -0.05) is 38.5 Å². The number of unbranched alkanes of at least 4 members (excludes halogenated alkanes) is 1. The number of nitrogens with zero attached hydrogens (tertiary/aromatic N) is 1. The van der Waals surface area contributed by atoms with Crippen molar-refractivity contribution in [2.45, 2.75) is 57.2 Å². The standard InChI is InChI=1S/C37H44N2O5S/c1-5-7-23-43-24-25-44-33-14-8-29(9-15-33)30-10-18-36(42-4)31(26-30)11-19-37(40)38-32-12-16-34(17-13-32)45(41)27-35-28(3)20-22-39(35)21-6-2/h8-20,22,26H,5-7,21,23-25,27H2,1-4H3,(H,38,40)/b19-11+/t45-/m0/s1. The molecule has 1 aromatic heterocycles. The quantitative estimate of drug-likeness (QED) is 0.0727. The Morgan fingerprint density at radius 2 is 1.69 bits per heavy atom. The van der Waals surface area contributed by atoms with Gasteiger partial charge in [0, 0.05) is 36.7 Å². The number of aryl methyl sites for hydroxylation is 2. The molecule has 0 radical (unpaired) electrons. The Bertz CT molecular complexity index is 1530. The van der Waals surface area contributed by atoms with Gasteiger partial charge in [0.05, 0.1) is 19.4 Å². The van der Waals surface area contributed by atoms with Crippen molar-refractivity contribution >= 4 is 28.8 Å². The number of anilines is 1. The van der Waals surface area contributed by atoms with E-state index >= 15 is 0 Å². The Labute approximate surface area is 270 Å². The third kappa shape index (κ3) is 10.0. The smallest absolute Gasteiger partial charge is 0.248 e. The number of carbonyl (C=O) groups excluding carboxylic acids is 1. The molecule has 4 aromatic rings. The molecule has 0 unspecified atom stereocenters. The molecule has 1 amide bonds. The summed E-state index contributed by atoms with van der Waals surface area (Å²) in [5.41, 5.74) is 5.68. The summed E-state index contributed by atoms with van der Waals surface area (Å²) in [6.07, 6.45) is 8.49. The maximum atomic E-state index is 13.1. The van der Waals surface area contributed by atoms with Crippen molar-refractivity contribution in [1.29, 1.82) is 0 Å². The second kappa shape index (κ2) is 17.5. The van der Waals surface area contributed by atoms with Crippen molar-refractivity contribution in [1.82, 2.24) is 4.57 Å². The maximum Gasteiger partial charge on any atom is 0.248 e. The normalized spacial score (nSPS) is 11.9. The molecule has 0 aliphatic rings. The van der Waals surface area contributed by atoms with Crippen molar-refractivity contribution in [2.24, 2.45) is 0 Å². The first kappa shape index (κ1) is 33.9. The number of rotatable bonds is 17. The van der Waals surface area contributed by atoms with Crippen LogP contribution in [0.3, 0.4) is 0 Å². The highest BCUT2D eigenvalue weighted by atomic mass is 32.2. The van der Waals surface area contributed by atoms with Crippen LogP contribution >= 0.6 is 0 Å². The molecule has 0 spiro atoms. The van der Waals surface area contributed by atoms with E-state index in [9.17, 15) is 9.35 Å². The molecular formula is C37H44N2O5S. The minimum Gasteiger partial charge on any atom is -0.611 e. The monoisotopic (exact) mass is 628 g/mol. The first-order valence-electron chi connectivity index (χ1n) is 15.5. The highest BCUT2D eigenvalue weighted by molar-refractivity contribution is 7.90. The lowest BCUT2D eigenvalue weighted by Crippen LogP contribution is -2.11. The fourth-order valence-corrected chi connectivity index (χ4v) is 6.11. The lowest BCUT2D eigenvalue weighted by Gasteiger charge is -2.14. The number of ether oxygens (including phenoxy) is 3. The molecule has 1 atom stereocenters. The van der Waals surface area contributed by atoms with Gasteiger partial charge in [-0.25, -0.2) is 0 Å². The summed E-state index contributed by atoms with van der Waals surface area (Å²) < 4.78 is 32.1. The van der Waals surface area contributed by atoms with E-state index in [1.54, 1.807) is 25.3 Å². The molecule has 238 valence electrons.